The van der Waals surface area contributed by atoms with Gasteiger partial charge in [-0.2, -0.15) is 0 Å². The molecule has 8 heteroatoms. The quantitative estimate of drug-likeness (QED) is 0.457. The van der Waals surface area contributed by atoms with Gasteiger partial charge in [0.2, 0.25) is 0 Å². The van der Waals surface area contributed by atoms with Crippen LogP contribution in [0.4, 0.5) is 11.4 Å². The lowest BCUT2D eigenvalue weighted by Gasteiger charge is -2.24. The number of carboxylic acids is 1. The van der Waals surface area contributed by atoms with E-state index in [0.717, 1.165) is 5.56 Å². The van der Waals surface area contributed by atoms with Crippen molar-refractivity contribution < 1.29 is 19.6 Å². The fourth-order valence-corrected chi connectivity index (χ4v) is 3.07. The lowest BCUT2D eigenvalue weighted by Crippen LogP contribution is -2.31. The highest BCUT2D eigenvalue weighted by atomic mass is 16.6. The number of nitro groups is 1. The molecule has 1 amide bonds. The summed E-state index contributed by atoms with van der Waals surface area (Å²) in [6.45, 7) is 0.192. The highest BCUT2D eigenvalue weighted by Gasteiger charge is 2.23. The summed E-state index contributed by atoms with van der Waals surface area (Å²) < 4.78 is 0. The Labute approximate surface area is 172 Å². The van der Waals surface area contributed by atoms with Gasteiger partial charge in [0.15, 0.2) is 0 Å². The largest absolute Gasteiger partial charge is 0.478 e. The van der Waals surface area contributed by atoms with E-state index in [1.807, 2.05) is 6.07 Å². The van der Waals surface area contributed by atoms with Gasteiger partial charge in [-0.15, -0.1) is 0 Å². The minimum Gasteiger partial charge on any atom is -0.478 e. The van der Waals surface area contributed by atoms with E-state index < -0.39 is 16.8 Å². The number of benzene rings is 3. The zero-order valence-corrected chi connectivity index (χ0v) is 15.9. The molecule has 3 rings (SSSR count). The Morgan fingerprint density at radius 3 is 2.37 bits per heavy atom. The average molecular weight is 405 g/mol. The van der Waals surface area contributed by atoms with Crippen molar-refractivity contribution in [2.45, 2.75) is 13.1 Å². The van der Waals surface area contributed by atoms with Crippen LogP contribution >= 0.6 is 0 Å². The van der Waals surface area contributed by atoms with Gasteiger partial charge in [-0.25, -0.2) is 4.79 Å². The highest BCUT2D eigenvalue weighted by Crippen LogP contribution is 2.26. The number of nitro benzene ring substituents is 1. The Morgan fingerprint density at radius 2 is 1.67 bits per heavy atom. The third kappa shape index (κ3) is 4.50. The van der Waals surface area contributed by atoms with Crippen molar-refractivity contribution in [1.82, 2.24) is 0 Å². The maximum absolute atomic E-state index is 13.3. The van der Waals surface area contributed by atoms with E-state index in [-0.39, 0.29) is 29.9 Å². The molecule has 0 aromatic heterocycles. The topological polar surface area (TPSA) is 127 Å². The minimum absolute atomic E-state index is 0.0257. The maximum Gasteiger partial charge on any atom is 0.335 e. The summed E-state index contributed by atoms with van der Waals surface area (Å²) in [5, 5.41) is 20.7. The number of rotatable bonds is 7. The molecule has 8 nitrogen and oxygen atoms in total. The number of carboxylic acid groups (broad SMARTS) is 1. The van der Waals surface area contributed by atoms with E-state index in [9.17, 15) is 24.8 Å². The summed E-state index contributed by atoms with van der Waals surface area (Å²) in [6.07, 6.45) is 0. The number of para-hydroxylation sites is 1. The summed E-state index contributed by atoms with van der Waals surface area (Å²) in [4.78, 5) is 36.9. The van der Waals surface area contributed by atoms with E-state index in [0.29, 0.717) is 11.3 Å². The van der Waals surface area contributed by atoms with Gasteiger partial charge in [0.05, 0.1) is 17.0 Å². The van der Waals surface area contributed by atoms with Crippen LogP contribution in [0.15, 0.2) is 72.8 Å². The molecule has 30 heavy (non-hydrogen) atoms. The molecule has 0 radical (unpaired) electrons. The van der Waals surface area contributed by atoms with Crippen LogP contribution in [0.2, 0.25) is 0 Å². The van der Waals surface area contributed by atoms with Crippen LogP contribution < -0.4 is 10.6 Å². The first-order chi connectivity index (χ1) is 14.4. The van der Waals surface area contributed by atoms with Crippen molar-refractivity contribution in [3.63, 3.8) is 0 Å². The third-order valence-electron chi connectivity index (χ3n) is 4.58. The lowest BCUT2D eigenvalue weighted by molar-refractivity contribution is -0.385. The van der Waals surface area contributed by atoms with Crippen molar-refractivity contribution in [2.75, 3.05) is 4.90 Å². The molecule has 0 unspecified atom stereocenters. The van der Waals surface area contributed by atoms with E-state index in [2.05, 4.69) is 0 Å². The van der Waals surface area contributed by atoms with Gasteiger partial charge in [0, 0.05) is 29.4 Å². The Kier molecular flexibility index (Phi) is 6.19. The molecule has 152 valence electrons. The summed E-state index contributed by atoms with van der Waals surface area (Å²) in [5.41, 5.74) is 7.38. The Hall–Kier alpha value is -4.04. The molecular weight excluding hydrogens is 386 g/mol. The first-order valence-corrected chi connectivity index (χ1v) is 9.07. The number of carbonyl (C=O) groups is 2. The van der Waals surface area contributed by atoms with Crippen LogP contribution in [0.5, 0.6) is 0 Å². The number of carbonyl (C=O) groups excluding carboxylic acids is 1. The summed E-state index contributed by atoms with van der Waals surface area (Å²) in [7, 11) is 0. The molecule has 0 fully saturated rings. The Balaban J connectivity index is 2.08. The van der Waals surface area contributed by atoms with E-state index >= 15 is 0 Å². The second-order valence-electron chi connectivity index (χ2n) is 6.54. The van der Waals surface area contributed by atoms with Crippen molar-refractivity contribution in [2.24, 2.45) is 5.73 Å². The molecule has 0 spiro atoms. The van der Waals surface area contributed by atoms with Gasteiger partial charge >= 0.3 is 5.97 Å². The van der Waals surface area contributed by atoms with Crippen LogP contribution in [0.25, 0.3) is 0 Å². The van der Waals surface area contributed by atoms with Crippen LogP contribution in [0, 0.1) is 10.1 Å². The predicted octanol–water partition coefficient (Wildman–Crippen LogP) is 3.60. The molecule has 0 aliphatic carbocycles. The molecule has 3 N–H and O–H groups in total. The zero-order chi connectivity index (χ0) is 21.7. The molecule has 0 saturated heterocycles. The second-order valence-corrected chi connectivity index (χ2v) is 6.54. The lowest BCUT2D eigenvalue weighted by atomic mass is 10.1. The van der Waals surface area contributed by atoms with Gasteiger partial charge < -0.3 is 15.7 Å². The fourth-order valence-electron chi connectivity index (χ4n) is 3.07. The van der Waals surface area contributed by atoms with Gasteiger partial charge in [-0.05, 0) is 35.9 Å². The zero-order valence-electron chi connectivity index (χ0n) is 15.9. The number of nitrogens with zero attached hydrogens (tertiary/aromatic N) is 2. The standard InChI is InChI=1S/C22H19N3O5/c23-13-15-5-3-9-19(11-15)24(14-18-6-1-2-10-20(18)25(29)30)21(26)16-7-4-8-17(12-16)22(27)28/h1-12H,13-14,23H2,(H,27,28). The molecule has 3 aromatic rings. The molecule has 3 aromatic carbocycles. The van der Waals surface area contributed by atoms with Gasteiger partial charge in [-0.3, -0.25) is 14.9 Å². The van der Waals surface area contributed by atoms with Gasteiger partial charge in [0.1, 0.15) is 0 Å². The fraction of sp³-hybridized carbons (Fsp3) is 0.0909. The normalized spacial score (nSPS) is 10.4. The van der Waals surface area contributed by atoms with Crippen LogP contribution in [-0.2, 0) is 13.1 Å². The smallest absolute Gasteiger partial charge is 0.335 e. The summed E-state index contributed by atoms with van der Waals surface area (Å²) in [5.74, 6) is -1.63. The molecule has 0 bridgehead atoms. The van der Waals surface area contributed by atoms with E-state index in [1.54, 1.807) is 36.4 Å². The van der Waals surface area contributed by atoms with Crippen LogP contribution in [0.3, 0.4) is 0 Å². The summed E-state index contributed by atoms with van der Waals surface area (Å²) in [6, 6.07) is 18.8. The number of anilines is 1. The van der Waals surface area contributed by atoms with Crippen LogP contribution in [0.1, 0.15) is 31.8 Å². The molecule has 0 aliphatic rings. The van der Waals surface area contributed by atoms with E-state index in [1.165, 1.54) is 35.2 Å². The van der Waals surface area contributed by atoms with E-state index in [4.69, 9.17) is 5.73 Å². The molecule has 0 atom stereocenters. The van der Waals surface area contributed by atoms with Gasteiger partial charge in [-0.1, -0.05) is 36.4 Å². The molecule has 0 heterocycles. The Bertz CT molecular complexity index is 1110. The maximum atomic E-state index is 13.3. The number of nitrogens with two attached hydrogens (primary N) is 1. The second kappa shape index (κ2) is 8.97. The Morgan fingerprint density at radius 1 is 0.967 bits per heavy atom. The van der Waals surface area contributed by atoms with Gasteiger partial charge in [0.25, 0.3) is 11.6 Å². The van der Waals surface area contributed by atoms with Crippen molar-refractivity contribution in [3.05, 3.63) is 105 Å². The minimum atomic E-state index is -1.15. The first kappa shape index (κ1) is 20.7. The van der Waals surface area contributed by atoms with Crippen molar-refractivity contribution in [3.8, 4) is 0 Å². The van der Waals surface area contributed by atoms with Crippen molar-refractivity contribution in [1.29, 1.82) is 0 Å². The predicted molar refractivity (Wildman–Crippen MR) is 111 cm³/mol. The molecule has 0 saturated carbocycles. The highest BCUT2D eigenvalue weighted by molar-refractivity contribution is 6.07. The third-order valence-corrected chi connectivity index (χ3v) is 4.58. The number of hydrogen-bond acceptors (Lipinski definition) is 5. The average Bonchev–Trinajstić information content (AvgIpc) is 2.77. The first-order valence-electron chi connectivity index (χ1n) is 9.07. The number of hydrogen-bond donors (Lipinski definition) is 2. The summed E-state index contributed by atoms with van der Waals surface area (Å²) >= 11 is 0. The van der Waals surface area contributed by atoms with Crippen molar-refractivity contribution >= 4 is 23.3 Å². The van der Waals surface area contributed by atoms with Crippen LogP contribution in [-0.4, -0.2) is 21.9 Å². The number of amides is 1. The molecule has 0 aliphatic heterocycles. The number of aromatic carboxylic acids is 1. The molecular formula is C22H19N3O5. The monoisotopic (exact) mass is 405 g/mol. The SMILES string of the molecule is NCc1cccc(N(Cc2ccccc2[N+](=O)[O-])C(=O)c2cccc(C(=O)O)c2)c1.